The molecular formula is C31H53Cl. The van der Waals surface area contributed by atoms with Crippen molar-refractivity contribution in [2.75, 3.05) is 0 Å². The van der Waals surface area contributed by atoms with Gasteiger partial charge in [-0.2, -0.15) is 0 Å². The maximum absolute atomic E-state index is 5.98. The zero-order chi connectivity index (χ0) is 24.3. The quantitative estimate of drug-likeness (QED) is 0.369. The van der Waals surface area contributed by atoms with Crippen molar-refractivity contribution in [1.29, 1.82) is 0 Å². The highest BCUT2D eigenvalue weighted by Crippen LogP contribution is 2.60. The van der Waals surface area contributed by atoms with Gasteiger partial charge in [-0.05, 0) is 98.9 Å². The Balaban J connectivity index is 0.00000121. The fourth-order valence-electron chi connectivity index (χ4n) is 6.63. The third-order valence-electron chi connectivity index (χ3n) is 8.29. The molecule has 5 atom stereocenters. The van der Waals surface area contributed by atoms with Gasteiger partial charge in [0.15, 0.2) is 0 Å². The van der Waals surface area contributed by atoms with E-state index in [2.05, 4.69) is 46.1 Å². The maximum atomic E-state index is 5.98. The zero-order valence-electron chi connectivity index (χ0n) is 22.5. The van der Waals surface area contributed by atoms with E-state index in [0.717, 1.165) is 35.1 Å². The first-order valence-electron chi connectivity index (χ1n) is 13.7. The summed E-state index contributed by atoms with van der Waals surface area (Å²) >= 11 is 5.98. The summed E-state index contributed by atoms with van der Waals surface area (Å²) in [5.74, 6) is 3.26. The average Bonchev–Trinajstić information content (AvgIpc) is 3.14. The standard InChI is InChI=1S/C27H41Cl.2C2H6/c1-19-11-12-20(2)24(18-19)14-13-23-10-7-17-27(5)25(15-16-26(23)27)21(3)8-6-9-22(4)28;2*1-2/h13-14,19,21,25-26H,2,4,6-12,15-18H2,1,3,5H3;2*1-2H3/b23-13+,24-14-;;/t19?,21-,25?,26?,27?;;/m1../s1. The third-order valence-corrected chi connectivity index (χ3v) is 8.48. The van der Waals surface area contributed by atoms with Gasteiger partial charge in [-0.1, -0.05) is 103 Å². The average molecular weight is 461 g/mol. The molecule has 0 N–H and O–H groups in total. The van der Waals surface area contributed by atoms with E-state index >= 15 is 0 Å². The van der Waals surface area contributed by atoms with E-state index in [-0.39, 0.29) is 0 Å². The Morgan fingerprint density at radius 1 is 1.12 bits per heavy atom. The van der Waals surface area contributed by atoms with E-state index in [4.69, 9.17) is 11.6 Å². The topological polar surface area (TPSA) is 0 Å². The smallest absolute Gasteiger partial charge is 0.0109 e. The fourth-order valence-corrected chi connectivity index (χ4v) is 6.76. The summed E-state index contributed by atoms with van der Waals surface area (Å²) in [7, 11) is 0. The van der Waals surface area contributed by atoms with Crippen molar-refractivity contribution in [3.63, 3.8) is 0 Å². The van der Waals surface area contributed by atoms with Crippen LogP contribution in [0.3, 0.4) is 0 Å². The first-order valence-corrected chi connectivity index (χ1v) is 14.1. The number of allylic oxidation sites excluding steroid dienone is 6. The molecule has 3 aliphatic rings. The largest absolute Gasteiger partial charge is 0.0956 e. The summed E-state index contributed by atoms with van der Waals surface area (Å²) in [5, 5.41) is 0.817. The molecule has 0 nitrogen and oxygen atoms in total. The Hall–Kier alpha value is -0.750. The molecule has 3 aliphatic carbocycles. The highest BCUT2D eigenvalue weighted by molar-refractivity contribution is 6.29. The summed E-state index contributed by atoms with van der Waals surface area (Å²) in [6.07, 6.45) is 19.0. The SMILES string of the molecule is C=C(Cl)CCC[C@@H](C)C1CCC2/C(=C/C=C3/CC(C)CCC3=C)CCCC21C.CC.CC. The van der Waals surface area contributed by atoms with Crippen molar-refractivity contribution in [3.8, 4) is 0 Å². The Morgan fingerprint density at radius 2 is 1.81 bits per heavy atom. The Morgan fingerprint density at radius 3 is 2.47 bits per heavy atom. The van der Waals surface area contributed by atoms with Gasteiger partial charge >= 0.3 is 0 Å². The molecule has 184 valence electrons. The minimum atomic E-state index is 0.497. The Labute approximate surface area is 206 Å². The van der Waals surface area contributed by atoms with E-state index < -0.39 is 0 Å². The van der Waals surface area contributed by atoms with E-state index in [1.807, 2.05) is 27.7 Å². The van der Waals surface area contributed by atoms with Crippen LogP contribution in [0.2, 0.25) is 0 Å². The van der Waals surface area contributed by atoms with E-state index in [1.54, 1.807) is 5.57 Å². The van der Waals surface area contributed by atoms with Crippen LogP contribution in [0.1, 0.15) is 119 Å². The molecule has 4 unspecified atom stereocenters. The second kappa shape index (κ2) is 14.5. The lowest BCUT2D eigenvalue weighted by atomic mass is 9.60. The summed E-state index contributed by atoms with van der Waals surface area (Å²) in [6.45, 7) is 23.7. The van der Waals surface area contributed by atoms with Crippen LogP contribution in [0.4, 0.5) is 0 Å². The van der Waals surface area contributed by atoms with Crippen molar-refractivity contribution in [2.24, 2.45) is 29.1 Å². The fraction of sp³-hybridized carbons (Fsp3) is 0.742. The van der Waals surface area contributed by atoms with Crippen LogP contribution < -0.4 is 0 Å². The second-order valence-electron chi connectivity index (χ2n) is 10.4. The molecule has 1 heteroatoms. The van der Waals surface area contributed by atoms with Gasteiger partial charge in [0, 0.05) is 5.03 Å². The molecule has 0 spiro atoms. The molecule has 0 aromatic carbocycles. The number of rotatable bonds is 6. The lowest BCUT2D eigenvalue weighted by molar-refractivity contribution is 0.0936. The summed E-state index contributed by atoms with van der Waals surface area (Å²) < 4.78 is 0. The second-order valence-corrected chi connectivity index (χ2v) is 10.9. The summed E-state index contributed by atoms with van der Waals surface area (Å²) in [4.78, 5) is 0. The lowest BCUT2D eigenvalue weighted by Crippen LogP contribution is -2.36. The van der Waals surface area contributed by atoms with Gasteiger partial charge < -0.3 is 0 Å². The van der Waals surface area contributed by atoms with Gasteiger partial charge in [0.25, 0.3) is 0 Å². The Bertz CT molecular complexity index is 651. The number of hydrogen-bond donors (Lipinski definition) is 0. The molecule has 0 aromatic heterocycles. The lowest BCUT2D eigenvalue weighted by Gasteiger charge is -2.44. The molecule has 0 bridgehead atoms. The van der Waals surface area contributed by atoms with E-state index in [9.17, 15) is 0 Å². The van der Waals surface area contributed by atoms with Gasteiger partial charge in [-0.15, -0.1) is 0 Å². The first kappa shape index (κ1) is 29.3. The normalized spacial score (nSPS) is 33.0. The highest BCUT2D eigenvalue weighted by Gasteiger charge is 2.50. The number of fused-ring (bicyclic) bond motifs is 1. The molecule has 3 saturated carbocycles. The van der Waals surface area contributed by atoms with Crippen LogP contribution in [0.15, 0.2) is 47.1 Å². The summed E-state index contributed by atoms with van der Waals surface area (Å²) in [6, 6.07) is 0. The molecule has 0 aliphatic heterocycles. The molecular weight excluding hydrogens is 408 g/mol. The van der Waals surface area contributed by atoms with Crippen LogP contribution >= 0.6 is 11.6 Å². The molecule has 3 fully saturated rings. The highest BCUT2D eigenvalue weighted by atomic mass is 35.5. The van der Waals surface area contributed by atoms with Gasteiger partial charge in [0.05, 0.1) is 0 Å². The molecule has 0 heterocycles. The predicted octanol–water partition coefficient (Wildman–Crippen LogP) is 11.0. The first-order chi connectivity index (χ1) is 15.3. The van der Waals surface area contributed by atoms with Crippen LogP contribution in [-0.4, -0.2) is 0 Å². The number of hydrogen-bond acceptors (Lipinski definition) is 0. The minimum absolute atomic E-state index is 0.497. The van der Waals surface area contributed by atoms with Gasteiger partial charge in [-0.3, -0.25) is 0 Å². The monoisotopic (exact) mass is 460 g/mol. The zero-order valence-corrected chi connectivity index (χ0v) is 23.3. The molecule has 0 saturated heterocycles. The molecule has 0 radical (unpaired) electrons. The summed E-state index contributed by atoms with van der Waals surface area (Å²) in [5.41, 5.74) is 5.13. The van der Waals surface area contributed by atoms with E-state index in [0.29, 0.717) is 5.41 Å². The van der Waals surface area contributed by atoms with Crippen molar-refractivity contribution in [1.82, 2.24) is 0 Å². The van der Waals surface area contributed by atoms with Gasteiger partial charge in [0.2, 0.25) is 0 Å². The van der Waals surface area contributed by atoms with Gasteiger partial charge in [-0.25, -0.2) is 0 Å². The van der Waals surface area contributed by atoms with Crippen LogP contribution in [0.25, 0.3) is 0 Å². The van der Waals surface area contributed by atoms with Crippen LogP contribution in [-0.2, 0) is 0 Å². The predicted molar refractivity (Wildman–Crippen MR) is 147 cm³/mol. The van der Waals surface area contributed by atoms with Gasteiger partial charge in [0.1, 0.15) is 0 Å². The third kappa shape index (κ3) is 7.65. The molecule has 0 aromatic rings. The van der Waals surface area contributed by atoms with Crippen molar-refractivity contribution >= 4 is 11.6 Å². The van der Waals surface area contributed by atoms with E-state index in [1.165, 1.54) is 75.4 Å². The van der Waals surface area contributed by atoms with Crippen molar-refractivity contribution in [2.45, 2.75) is 119 Å². The number of halogens is 1. The van der Waals surface area contributed by atoms with Crippen LogP contribution in [0, 0.1) is 29.1 Å². The minimum Gasteiger partial charge on any atom is -0.0956 e. The van der Waals surface area contributed by atoms with Crippen molar-refractivity contribution in [3.05, 3.63) is 47.1 Å². The maximum Gasteiger partial charge on any atom is 0.0109 e. The van der Waals surface area contributed by atoms with Crippen LogP contribution in [0.5, 0.6) is 0 Å². The molecule has 3 rings (SSSR count). The Kier molecular flexibility index (Phi) is 13.3. The molecule has 0 amide bonds. The molecule has 32 heavy (non-hydrogen) atoms. The van der Waals surface area contributed by atoms with Crippen molar-refractivity contribution < 1.29 is 0 Å².